The van der Waals surface area contributed by atoms with E-state index in [4.69, 9.17) is 0 Å². The number of amides is 2. The van der Waals surface area contributed by atoms with Gasteiger partial charge in [0.15, 0.2) is 0 Å². The van der Waals surface area contributed by atoms with Crippen LogP contribution in [0.2, 0.25) is 0 Å². The lowest BCUT2D eigenvalue weighted by Crippen LogP contribution is -2.48. The summed E-state index contributed by atoms with van der Waals surface area (Å²) < 4.78 is 0. The molecule has 0 saturated heterocycles. The zero-order valence-corrected chi connectivity index (χ0v) is 11.8. The van der Waals surface area contributed by atoms with Gasteiger partial charge in [0.1, 0.15) is 6.10 Å². The Morgan fingerprint density at radius 3 is 2.29 bits per heavy atom. The van der Waals surface area contributed by atoms with Gasteiger partial charge in [0.2, 0.25) is 0 Å². The second kappa shape index (κ2) is 7.55. The maximum absolute atomic E-state index is 11.6. The van der Waals surface area contributed by atoms with Crippen molar-refractivity contribution in [2.75, 3.05) is 6.61 Å². The lowest BCUT2D eigenvalue weighted by Gasteiger charge is -2.23. The first kappa shape index (κ1) is 16.9. The Labute approximate surface area is 121 Å². The second-order valence-corrected chi connectivity index (χ2v) is 4.86. The highest BCUT2D eigenvalue weighted by Gasteiger charge is 2.23. The maximum Gasteiger partial charge on any atom is 0.315 e. The molecule has 0 unspecified atom stereocenters. The summed E-state index contributed by atoms with van der Waals surface area (Å²) in [4.78, 5) is 21.6. The number of nitrogens with one attached hydrogen (secondary N) is 2. The summed E-state index contributed by atoms with van der Waals surface area (Å²) in [6, 6.07) is 3.76. The number of nitro groups is 1. The van der Waals surface area contributed by atoms with Gasteiger partial charge in [0.05, 0.1) is 17.6 Å². The van der Waals surface area contributed by atoms with Gasteiger partial charge in [-0.2, -0.15) is 0 Å². The van der Waals surface area contributed by atoms with Crippen LogP contribution < -0.4 is 10.6 Å². The van der Waals surface area contributed by atoms with Crippen LogP contribution in [0.3, 0.4) is 0 Å². The molecule has 116 valence electrons. The van der Waals surface area contributed by atoms with Crippen LogP contribution in [-0.4, -0.2) is 39.9 Å². The number of nitrogens with zero attached hydrogens (tertiary/aromatic N) is 1. The van der Waals surface area contributed by atoms with E-state index in [9.17, 15) is 25.1 Å². The summed E-state index contributed by atoms with van der Waals surface area (Å²) in [6.45, 7) is 3.09. The number of aliphatic hydroxyl groups excluding tert-OH is 2. The van der Waals surface area contributed by atoms with Gasteiger partial charge in [0, 0.05) is 18.2 Å². The van der Waals surface area contributed by atoms with Crippen LogP contribution in [0.5, 0.6) is 0 Å². The smallest absolute Gasteiger partial charge is 0.315 e. The zero-order valence-electron chi connectivity index (χ0n) is 11.8. The van der Waals surface area contributed by atoms with Gasteiger partial charge in [-0.3, -0.25) is 10.1 Å². The molecule has 4 N–H and O–H groups in total. The van der Waals surface area contributed by atoms with Crippen LogP contribution in [-0.2, 0) is 0 Å². The normalized spacial score (nSPS) is 13.6. The van der Waals surface area contributed by atoms with Crippen LogP contribution in [0.1, 0.15) is 25.5 Å². The largest absolute Gasteiger partial charge is 0.394 e. The maximum atomic E-state index is 11.6. The summed E-state index contributed by atoms with van der Waals surface area (Å²) in [5.74, 6) is 0. The van der Waals surface area contributed by atoms with E-state index >= 15 is 0 Å². The SMILES string of the molecule is CC(C)NC(=O)N[C@H](CO)[C@@H](O)c1ccc([N+](=O)[O-])cc1. The van der Waals surface area contributed by atoms with Crippen molar-refractivity contribution in [2.45, 2.75) is 32.0 Å². The Balaban J connectivity index is 2.75. The van der Waals surface area contributed by atoms with Gasteiger partial charge < -0.3 is 20.8 Å². The summed E-state index contributed by atoms with van der Waals surface area (Å²) in [7, 11) is 0. The lowest BCUT2D eigenvalue weighted by molar-refractivity contribution is -0.384. The topological polar surface area (TPSA) is 125 Å². The highest BCUT2D eigenvalue weighted by Crippen LogP contribution is 2.20. The molecular weight excluding hydrogens is 278 g/mol. The van der Waals surface area contributed by atoms with Crippen LogP contribution in [0.25, 0.3) is 0 Å². The number of urea groups is 1. The molecule has 0 aliphatic heterocycles. The molecule has 0 saturated carbocycles. The highest BCUT2D eigenvalue weighted by molar-refractivity contribution is 5.74. The van der Waals surface area contributed by atoms with E-state index < -0.39 is 29.7 Å². The number of rotatable bonds is 6. The van der Waals surface area contributed by atoms with Crippen molar-refractivity contribution in [3.05, 3.63) is 39.9 Å². The van der Waals surface area contributed by atoms with Crippen LogP contribution in [0, 0.1) is 10.1 Å². The molecule has 0 heterocycles. The van der Waals surface area contributed by atoms with Crippen molar-refractivity contribution in [3.8, 4) is 0 Å². The van der Waals surface area contributed by atoms with Gasteiger partial charge in [-0.25, -0.2) is 4.79 Å². The molecule has 1 aromatic carbocycles. The monoisotopic (exact) mass is 297 g/mol. The molecule has 1 aromatic rings. The van der Waals surface area contributed by atoms with Gasteiger partial charge in [0.25, 0.3) is 5.69 Å². The van der Waals surface area contributed by atoms with Gasteiger partial charge >= 0.3 is 6.03 Å². The van der Waals surface area contributed by atoms with Crippen LogP contribution in [0.15, 0.2) is 24.3 Å². The van der Waals surface area contributed by atoms with Crippen LogP contribution in [0.4, 0.5) is 10.5 Å². The molecular formula is C13H19N3O5. The van der Waals surface area contributed by atoms with Crippen molar-refractivity contribution in [2.24, 2.45) is 0 Å². The fourth-order valence-corrected chi connectivity index (χ4v) is 1.72. The summed E-state index contributed by atoms with van der Waals surface area (Å²) in [5, 5.41) is 35.0. The molecule has 2 amide bonds. The van der Waals surface area contributed by atoms with E-state index in [1.54, 1.807) is 13.8 Å². The number of carbonyl (C=O) groups excluding carboxylic acids is 1. The molecule has 0 radical (unpaired) electrons. The minimum Gasteiger partial charge on any atom is -0.394 e. The molecule has 0 fully saturated rings. The van der Waals surface area contributed by atoms with E-state index in [2.05, 4.69) is 10.6 Å². The molecule has 0 bridgehead atoms. The van der Waals surface area contributed by atoms with Crippen molar-refractivity contribution in [1.29, 1.82) is 0 Å². The first-order valence-corrected chi connectivity index (χ1v) is 6.45. The van der Waals surface area contributed by atoms with E-state index in [0.717, 1.165) is 0 Å². The van der Waals surface area contributed by atoms with Gasteiger partial charge in [-0.15, -0.1) is 0 Å². The number of non-ortho nitro benzene ring substituents is 1. The molecule has 21 heavy (non-hydrogen) atoms. The Bertz CT molecular complexity index is 489. The van der Waals surface area contributed by atoms with Crippen molar-refractivity contribution in [1.82, 2.24) is 10.6 Å². The van der Waals surface area contributed by atoms with E-state index in [1.807, 2.05) is 0 Å². The van der Waals surface area contributed by atoms with E-state index in [0.29, 0.717) is 5.56 Å². The molecule has 0 aromatic heterocycles. The number of hydrogen-bond donors (Lipinski definition) is 4. The number of hydrogen-bond acceptors (Lipinski definition) is 5. The van der Waals surface area contributed by atoms with Crippen LogP contribution >= 0.6 is 0 Å². The number of aliphatic hydroxyl groups is 2. The minimum atomic E-state index is -1.17. The first-order chi connectivity index (χ1) is 9.85. The fraction of sp³-hybridized carbons (Fsp3) is 0.462. The Morgan fingerprint density at radius 2 is 1.86 bits per heavy atom. The predicted octanol–water partition coefficient (Wildman–Crippen LogP) is 0.697. The number of benzene rings is 1. The highest BCUT2D eigenvalue weighted by atomic mass is 16.6. The second-order valence-electron chi connectivity index (χ2n) is 4.86. The molecule has 0 spiro atoms. The van der Waals surface area contributed by atoms with Gasteiger partial charge in [-0.05, 0) is 31.5 Å². The summed E-state index contributed by atoms with van der Waals surface area (Å²) in [6.07, 6.45) is -1.17. The number of carbonyl (C=O) groups is 1. The molecule has 1 rings (SSSR count). The number of nitro benzene ring substituents is 1. The first-order valence-electron chi connectivity index (χ1n) is 6.45. The third-order valence-electron chi connectivity index (χ3n) is 2.76. The predicted molar refractivity (Wildman–Crippen MR) is 75.7 cm³/mol. The average molecular weight is 297 g/mol. The standard InChI is InChI=1S/C13H19N3O5/c1-8(2)14-13(19)15-11(7-17)12(18)9-3-5-10(6-4-9)16(20)21/h3-6,8,11-12,17-18H,7H2,1-2H3,(H2,14,15,19)/t11-,12+/m1/s1. The molecule has 8 nitrogen and oxygen atoms in total. The summed E-state index contributed by atoms with van der Waals surface area (Å²) in [5.41, 5.74) is 0.265. The van der Waals surface area contributed by atoms with E-state index in [1.165, 1.54) is 24.3 Å². The Hall–Kier alpha value is -2.19. The molecule has 0 aliphatic carbocycles. The quantitative estimate of drug-likeness (QED) is 0.454. The zero-order chi connectivity index (χ0) is 16.0. The third-order valence-corrected chi connectivity index (χ3v) is 2.76. The van der Waals surface area contributed by atoms with Gasteiger partial charge in [-0.1, -0.05) is 0 Å². The van der Waals surface area contributed by atoms with Crippen molar-refractivity contribution >= 4 is 11.7 Å². The molecule has 0 aliphatic rings. The molecule has 2 atom stereocenters. The van der Waals surface area contributed by atoms with Crippen molar-refractivity contribution in [3.63, 3.8) is 0 Å². The third kappa shape index (κ3) is 5.01. The minimum absolute atomic E-state index is 0.0825. The lowest BCUT2D eigenvalue weighted by atomic mass is 10.0. The Kier molecular flexibility index (Phi) is 6.07. The molecule has 8 heteroatoms. The van der Waals surface area contributed by atoms with Crippen molar-refractivity contribution < 1.29 is 19.9 Å². The average Bonchev–Trinajstić information content (AvgIpc) is 2.43. The fourth-order valence-electron chi connectivity index (χ4n) is 1.72. The summed E-state index contributed by atoms with van der Waals surface area (Å²) >= 11 is 0. The van der Waals surface area contributed by atoms with E-state index in [-0.39, 0.29) is 11.7 Å². The Morgan fingerprint density at radius 1 is 1.29 bits per heavy atom.